The van der Waals surface area contributed by atoms with Gasteiger partial charge in [-0.25, -0.2) is 0 Å². The number of unbranched alkanes of at least 4 members (excludes halogenated alkanes) is 1. The molecular formula is C16H24N6O2. The Balaban J connectivity index is 1.41. The Morgan fingerprint density at radius 1 is 1.46 bits per heavy atom. The number of hydrogen-bond acceptors (Lipinski definition) is 6. The molecule has 1 fully saturated rings. The lowest BCUT2D eigenvalue weighted by atomic mass is 10.1. The molecule has 0 bridgehead atoms. The molecule has 0 aromatic carbocycles. The fourth-order valence-electron chi connectivity index (χ4n) is 2.70. The van der Waals surface area contributed by atoms with Crippen LogP contribution in [-0.2, 0) is 17.8 Å². The summed E-state index contributed by atoms with van der Waals surface area (Å²) in [5.41, 5.74) is 1.17. The van der Waals surface area contributed by atoms with E-state index in [2.05, 4.69) is 38.6 Å². The second kappa shape index (κ2) is 7.57. The van der Waals surface area contributed by atoms with Crippen molar-refractivity contribution in [3.63, 3.8) is 0 Å². The van der Waals surface area contributed by atoms with Crippen LogP contribution in [0.5, 0.6) is 0 Å². The number of aryl methyl sites for hydroxylation is 1. The number of rotatable bonds is 8. The fraction of sp³-hybridized carbons (Fsp3) is 0.625. The molecule has 2 aromatic heterocycles. The summed E-state index contributed by atoms with van der Waals surface area (Å²) in [5, 5.41) is 11.1. The van der Waals surface area contributed by atoms with E-state index in [1.807, 2.05) is 17.8 Å². The van der Waals surface area contributed by atoms with Crippen molar-refractivity contribution in [1.29, 1.82) is 0 Å². The lowest BCUT2D eigenvalue weighted by Gasteiger charge is -2.38. The molecule has 1 amide bonds. The molecule has 0 aliphatic carbocycles. The molecule has 8 nitrogen and oxygen atoms in total. The molecule has 8 heteroatoms. The Bertz CT molecular complexity index is 674. The highest BCUT2D eigenvalue weighted by atomic mass is 16.5. The average molecular weight is 332 g/mol. The molecular weight excluding hydrogens is 308 g/mol. The van der Waals surface area contributed by atoms with Gasteiger partial charge in [0.1, 0.15) is 0 Å². The number of carbonyl (C=O) groups is 1. The third-order valence-electron chi connectivity index (χ3n) is 4.08. The molecule has 24 heavy (non-hydrogen) atoms. The number of amides is 1. The zero-order chi connectivity index (χ0) is 16.9. The van der Waals surface area contributed by atoms with E-state index in [-0.39, 0.29) is 12.3 Å². The van der Waals surface area contributed by atoms with Gasteiger partial charge in [0, 0.05) is 25.8 Å². The Morgan fingerprint density at radius 2 is 2.29 bits per heavy atom. The molecule has 0 atom stereocenters. The van der Waals surface area contributed by atoms with Gasteiger partial charge in [0.25, 0.3) is 0 Å². The minimum atomic E-state index is -0.0612. The second-order valence-corrected chi connectivity index (χ2v) is 6.33. The predicted octanol–water partition coefficient (Wildman–Crippen LogP) is 1.09. The van der Waals surface area contributed by atoms with E-state index in [0.29, 0.717) is 30.8 Å². The largest absolute Gasteiger partial charge is 0.356 e. The van der Waals surface area contributed by atoms with Gasteiger partial charge in [0.2, 0.25) is 11.8 Å². The van der Waals surface area contributed by atoms with Gasteiger partial charge >= 0.3 is 0 Å². The highest BCUT2D eigenvalue weighted by Crippen LogP contribution is 2.22. The van der Waals surface area contributed by atoms with Gasteiger partial charge in [-0.05, 0) is 18.9 Å². The van der Waals surface area contributed by atoms with E-state index in [9.17, 15) is 4.79 Å². The van der Waals surface area contributed by atoms with Crippen LogP contribution in [0.1, 0.15) is 43.1 Å². The number of hydrogen-bond donors (Lipinski definition) is 1. The highest BCUT2D eigenvalue weighted by Gasteiger charge is 2.30. The first-order valence-electron chi connectivity index (χ1n) is 8.45. The van der Waals surface area contributed by atoms with E-state index >= 15 is 0 Å². The first kappa shape index (κ1) is 16.6. The van der Waals surface area contributed by atoms with Crippen molar-refractivity contribution in [3.05, 3.63) is 29.7 Å². The maximum Gasteiger partial charge on any atom is 0.240 e. The van der Waals surface area contributed by atoms with Crippen molar-refractivity contribution in [1.82, 2.24) is 30.1 Å². The van der Waals surface area contributed by atoms with Crippen LogP contribution >= 0.6 is 0 Å². The molecule has 0 unspecified atom stereocenters. The van der Waals surface area contributed by atoms with Crippen LogP contribution in [0.15, 0.2) is 16.9 Å². The zero-order valence-corrected chi connectivity index (χ0v) is 14.2. The maximum absolute atomic E-state index is 11.7. The number of nitrogens with zero attached hydrogens (tertiary/aromatic N) is 5. The summed E-state index contributed by atoms with van der Waals surface area (Å²) in [4.78, 5) is 18.3. The van der Waals surface area contributed by atoms with Gasteiger partial charge in [-0.1, -0.05) is 18.5 Å². The summed E-state index contributed by atoms with van der Waals surface area (Å²) in [5.74, 6) is 0.939. The van der Waals surface area contributed by atoms with Crippen molar-refractivity contribution in [2.45, 2.75) is 45.7 Å². The number of nitrogens with one attached hydrogen (secondary N) is 1. The van der Waals surface area contributed by atoms with E-state index < -0.39 is 0 Å². The monoisotopic (exact) mass is 332 g/mol. The summed E-state index contributed by atoms with van der Waals surface area (Å²) in [6.45, 7) is 7.26. The van der Waals surface area contributed by atoms with Crippen molar-refractivity contribution >= 4 is 5.91 Å². The molecule has 1 aliphatic rings. The SMILES string of the molecule is CCCCNC(=O)Cc1noc(CN2CC(n3cc(C)cn3)C2)n1. The summed E-state index contributed by atoms with van der Waals surface area (Å²) >= 11 is 0. The minimum Gasteiger partial charge on any atom is -0.356 e. The second-order valence-electron chi connectivity index (χ2n) is 6.33. The molecule has 0 saturated carbocycles. The number of likely N-dealkylation sites (tertiary alicyclic amines) is 1. The van der Waals surface area contributed by atoms with Gasteiger partial charge in [0.05, 0.1) is 25.2 Å². The van der Waals surface area contributed by atoms with E-state index in [1.54, 1.807) is 0 Å². The van der Waals surface area contributed by atoms with Gasteiger partial charge in [-0.15, -0.1) is 0 Å². The number of carbonyl (C=O) groups excluding carboxylic acids is 1. The Morgan fingerprint density at radius 3 is 3.00 bits per heavy atom. The van der Waals surface area contributed by atoms with Crippen molar-refractivity contribution in [3.8, 4) is 0 Å². The molecule has 1 N–H and O–H groups in total. The fourth-order valence-corrected chi connectivity index (χ4v) is 2.70. The third kappa shape index (κ3) is 4.19. The van der Waals surface area contributed by atoms with Gasteiger partial charge in [0.15, 0.2) is 5.82 Å². The van der Waals surface area contributed by atoms with Crippen molar-refractivity contribution < 1.29 is 9.32 Å². The molecule has 1 saturated heterocycles. The smallest absolute Gasteiger partial charge is 0.240 e. The first-order valence-corrected chi connectivity index (χ1v) is 8.45. The topological polar surface area (TPSA) is 89.1 Å². The molecule has 0 spiro atoms. The molecule has 1 aliphatic heterocycles. The lowest BCUT2D eigenvalue weighted by molar-refractivity contribution is -0.120. The third-order valence-corrected chi connectivity index (χ3v) is 4.08. The molecule has 3 rings (SSSR count). The van der Waals surface area contributed by atoms with Crippen LogP contribution < -0.4 is 5.32 Å². The quantitative estimate of drug-likeness (QED) is 0.728. The Hall–Kier alpha value is -2.22. The molecule has 3 heterocycles. The van der Waals surface area contributed by atoms with Gasteiger partial charge < -0.3 is 9.84 Å². The summed E-state index contributed by atoms with van der Waals surface area (Å²) in [6, 6.07) is 0.408. The van der Waals surface area contributed by atoms with Crippen LogP contribution in [0, 0.1) is 6.92 Å². The summed E-state index contributed by atoms with van der Waals surface area (Å²) in [6.07, 6.45) is 6.14. The highest BCUT2D eigenvalue weighted by molar-refractivity contribution is 5.77. The van der Waals surface area contributed by atoms with Crippen LogP contribution in [0.25, 0.3) is 0 Å². The van der Waals surface area contributed by atoms with Gasteiger partial charge in [-0.3, -0.25) is 14.4 Å². The zero-order valence-electron chi connectivity index (χ0n) is 14.2. The van der Waals surface area contributed by atoms with E-state index in [4.69, 9.17) is 4.52 Å². The summed E-state index contributed by atoms with van der Waals surface area (Å²) in [7, 11) is 0. The Labute approximate surface area is 141 Å². The van der Waals surface area contributed by atoms with Crippen molar-refractivity contribution in [2.75, 3.05) is 19.6 Å². The van der Waals surface area contributed by atoms with Crippen LogP contribution in [0.3, 0.4) is 0 Å². The van der Waals surface area contributed by atoms with Crippen LogP contribution in [0.2, 0.25) is 0 Å². The predicted molar refractivity (Wildman–Crippen MR) is 87.2 cm³/mol. The molecule has 0 radical (unpaired) electrons. The molecule has 130 valence electrons. The Kier molecular flexibility index (Phi) is 5.24. The molecule has 2 aromatic rings. The van der Waals surface area contributed by atoms with Crippen molar-refractivity contribution in [2.24, 2.45) is 0 Å². The normalized spacial score (nSPS) is 15.4. The minimum absolute atomic E-state index is 0.0612. The van der Waals surface area contributed by atoms with E-state index in [0.717, 1.165) is 25.9 Å². The first-order chi connectivity index (χ1) is 11.6. The lowest BCUT2D eigenvalue weighted by Crippen LogP contribution is -2.47. The standard InChI is InChI=1S/C16H24N6O2/c1-3-4-5-17-15(23)6-14-19-16(24-20-14)11-21-9-13(10-21)22-8-12(2)7-18-22/h7-8,13H,3-6,9-11H2,1-2H3,(H,17,23). The summed E-state index contributed by atoms with van der Waals surface area (Å²) < 4.78 is 7.24. The van der Waals surface area contributed by atoms with Crippen LogP contribution in [-0.4, -0.2) is 50.4 Å². The van der Waals surface area contributed by atoms with Gasteiger partial charge in [-0.2, -0.15) is 10.1 Å². The maximum atomic E-state index is 11.7. The number of aromatic nitrogens is 4. The van der Waals surface area contributed by atoms with Crippen LogP contribution in [0.4, 0.5) is 0 Å². The van der Waals surface area contributed by atoms with E-state index in [1.165, 1.54) is 5.56 Å². The average Bonchev–Trinajstić information content (AvgIpc) is 3.12.